The van der Waals surface area contributed by atoms with Crippen LogP contribution in [0.25, 0.3) is 0 Å². The van der Waals surface area contributed by atoms with Gasteiger partial charge in [0.2, 0.25) is 0 Å². The lowest BCUT2D eigenvalue weighted by atomic mass is 9.88. The molecule has 2 aliphatic rings. The highest BCUT2D eigenvalue weighted by molar-refractivity contribution is 4.85. The molecule has 0 saturated carbocycles. The van der Waals surface area contributed by atoms with Gasteiger partial charge in [0, 0.05) is 12.6 Å². The summed E-state index contributed by atoms with van der Waals surface area (Å²) >= 11 is 0. The van der Waals surface area contributed by atoms with Crippen molar-refractivity contribution >= 4 is 0 Å². The molecular weight excluding hydrogens is 246 g/mol. The second-order valence-corrected chi connectivity index (χ2v) is 7.21. The maximum Gasteiger partial charge on any atom is 0.0235 e. The van der Waals surface area contributed by atoms with E-state index in [1.165, 1.54) is 71.2 Å². The van der Waals surface area contributed by atoms with Gasteiger partial charge in [0.15, 0.2) is 0 Å². The van der Waals surface area contributed by atoms with E-state index in [9.17, 15) is 0 Å². The molecule has 0 spiro atoms. The van der Waals surface area contributed by atoms with E-state index < -0.39 is 0 Å². The lowest BCUT2D eigenvalue weighted by Gasteiger charge is -2.24. The number of hydrogen-bond acceptors (Lipinski definition) is 3. The summed E-state index contributed by atoms with van der Waals surface area (Å²) in [6.45, 7) is 12.2. The van der Waals surface area contributed by atoms with Crippen molar-refractivity contribution in [3.63, 3.8) is 0 Å². The van der Waals surface area contributed by atoms with E-state index in [1.54, 1.807) is 0 Å². The number of likely N-dealkylation sites (tertiary alicyclic amines) is 2. The molecule has 2 aliphatic heterocycles. The highest BCUT2D eigenvalue weighted by Crippen LogP contribution is 2.23. The zero-order valence-electron chi connectivity index (χ0n) is 13.7. The molecule has 0 radical (unpaired) electrons. The lowest BCUT2D eigenvalue weighted by molar-refractivity contribution is 0.226. The molecule has 0 aromatic heterocycles. The zero-order chi connectivity index (χ0) is 14.4. The van der Waals surface area contributed by atoms with Gasteiger partial charge in [-0.25, -0.2) is 0 Å². The van der Waals surface area contributed by atoms with Gasteiger partial charge >= 0.3 is 0 Å². The maximum atomic E-state index is 5.73. The van der Waals surface area contributed by atoms with E-state index in [4.69, 9.17) is 5.73 Å². The lowest BCUT2D eigenvalue weighted by Crippen LogP contribution is -2.35. The first-order valence-corrected chi connectivity index (χ1v) is 8.87. The molecule has 0 amide bonds. The number of hydrogen-bond donors (Lipinski definition) is 1. The second-order valence-electron chi connectivity index (χ2n) is 7.21. The van der Waals surface area contributed by atoms with Gasteiger partial charge < -0.3 is 10.6 Å². The van der Waals surface area contributed by atoms with Gasteiger partial charge in [0.1, 0.15) is 0 Å². The van der Waals surface area contributed by atoms with Crippen molar-refractivity contribution in [2.45, 2.75) is 58.4 Å². The van der Waals surface area contributed by atoms with Gasteiger partial charge in [-0.1, -0.05) is 13.8 Å². The third-order valence-electron chi connectivity index (χ3n) is 5.43. The summed E-state index contributed by atoms with van der Waals surface area (Å²) in [5, 5.41) is 0. The highest BCUT2D eigenvalue weighted by Gasteiger charge is 2.28. The Bertz CT molecular complexity index is 261. The average Bonchev–Trinajstić information content (AvgIpc) is 3.08. The Morgan fingerprint density at radius 1 is 1.10 bits per heavy atom. The Labute approximate surface area is 125 Å². The van der Waals surface area contributed by atoms with Gasteiger partial charge in [-0.15, -0.1) is 0 Å². The van der Waals surface area contributed by atoms with Crippen LogP contribution in [0.4, 0.5) is 0 Å². The molecule has 0 aromatic carbocycles. The number of nitrogens with two attached hydrogens (primary N) is 1. The molecule has 2 fully saturated rings. The fourth-order valence-electron chi connectivity index (χ4n) is 4.02. The van der Waals surface area contributed by atoms with Gasteiger partial charge in [0.05, 0.1) is 0 Å². The van der Waals surface area contributed by atoms with E-state index >= 15 is 0 Å². The summed E-state index contributed by atoms with van der Waals surface area (Å²) in [6.07, 6.45) is 8.16. The van der Waals surface area contributed by atoms with E-state index in [2.05, 4.69) is 23.6 Å². The topological polar surface area (TPSA) is 32.5 Å². The minimum atomic E-state index is 0.787. The minimum Gasteiger partial charge on any atom is -0.330 e. The van der Waals surface area contributed by atoms with Crippen LogP contribution in [0, 0.1) is 11.8 Å². The van der Waals surface area contributed by atoms with Crippen LogP contribution in [0.2, 0.25) is 0 Å². The van der Waals surface area contributed by atoms with Gasteiger partial charge in [0.25, 0.3) is 0 Å². The first-order valence-electron chi connectivity index (χ1n) is 8.87. The van der Waals surface area contributed by atoms with Crippen molar-refractivity contribution in [2.75, 3.05) is 39.3 Å². The van der Waals surface area contributed by atoms with Gasteiger partial charge in [-0.05, 0) is 83.1 Å². The van der Waals surface area contributed by atoms with E-state index in [1.807, 2.05) is 0 Å². The summed E-state index contributed by atoms with van der Waals surface area (Å²) in [6, 6.07) is 0.863. The highest BCUT2D eigenvalue weighted by atomic mass is 15.3. The molecular formula is C17H35N3. The SMILES string of the molecule is CC(C)C(CCN)CCCN1CCC(N2CCCC2)C1. The molecule has 2 N–H and O–H groups in total. The Morgan fingerprint density at radius 2 is 1.85 bits per heavy atom. The molecule has 2 rings (SSSR count). The van der Waals surface area contributed by atoms with Crippen LogP contribution in [-0.2, 0) is 0 Å². The Hall–Kier alpha value is -0.120. The number of rotatable bonds is 8. The molecule has 2 unspecified atom stereocenters. The molecule has 2 heterocycles. The monoisotopic (exact) mass is 281 g/mol. The molecule has 0 bridgehead atoms. The fraction of sp³-hybridized carbons (Fsp3) is 1.00. The molecule has 118 valence electrons. The Morgan fingerprint density at radius 3 is 2.50 bits per heavy atom. The van der Waals surface area contributed by atoms with Crippen LogP contribution < -0.4 is 5.73 Å². The Balaban J connectivity index is 1.62. The minimum absolute atomic E-state index is 0.787. The third kappa shape index (κ3) is 4.71. The second kappa shape index (κ2) is 8.35. The van der Waals surface area contributed by atoms with Crippen molar-refractivity contribution < 1.29 is 0 Å². The van der Waals surface area contributed by atoms with Crippen molar-refractivity contribution in [1.82, 2.24) is 9.80 Å². The van der Waals surface area contributed by atoms with E-state index in [0.717, 1.165) is 24.4 Å². The molecule has 3 nitrogen and oxygen atoms in total. The zero-order valence-corrected chi connectivity index (χ0v) is 13.7. The third-order valence-corrected chi connectivity index (χ3v) is 5.43. The van der Waals surface area contributed by atoms with Crippen LogP contribution in [0.1, 0.15) is 52.4 Å². The smallest absolute Gasteiger partial charge is 0.0235 e. The fourth-order valence-corrected chi connectivity index (χ4v) is 4.02. The van der Waals surface area contributed by atoms with Crippen LogP contribution in [-0.4, -0.2) is 55.1 Å². The first-order chi connectivity index (χ1) is 9.70. The van der Waals surface area contributed by atoms with Crippen molar-refractivity contribution in [1.29, 1.82) is 0 Å². The van der Waals surface area contributed by atoms with Crippen LogP contribution in [0.3, 0.4) is 0 Å². The number of nitrogens with zero attached hydrogens (tertiary/aromatic N) is 2. The predicted molar refractivity (Wildman–Crippen MR) is 86.9 cm³/mol. The standard InChI is InChI=1S/C17H35N3/c1-15(2)16(7-9-18)6-5-10-19-13-8-17(14-19)20-11-3-4-12-20/h15-17H,3-14,18H2,1-2H3. The van der Waals surface area contributed by atoms with Gasteiger partial charge in [-0.2, -0.15) is 0 Å². The molecule has 0 aromatic rings. The van der Waals surface area contributed by atoms with Crippen LogP contribution in [0.15, 0.2) is 0 Å². The summed E-state index contributed by atoms with van der Waals surface area (Å²) in [7, 11) is 0. The normalized spacial score (nSPS) is 26.7. The molecule has 0 aliphatic carbocycles. The Kier molecular flexibility index (Phi) is 6.79. The van der Waals surface area contributed by atoms with Crippen molar-refractivity contribution in [3.05, 3.63) is 0 Å². The first kappa shape index (κ1) is 16.3. The van der Waals surface area contributed by atoms with Crippen LogP contribution in [0.5, 0.6) is 0 Å². The van der Waals surface area contributed by atoms with Crippen molar-refractivity contribution in [3.8, 4) is 0 Å². The van der Waals surface area contributed by atoms with E-state index in [0.29, 0.717) is 0 Å². The molecule has 2 saturated heterocycles. The summed E-state index contributed by atoms with van der Waals surface area (Å²) in [5.74, 6) is 1.62. The molecule has 20 heavy (non-hydrogen) atoms. The average molecular weight is 281 g/mol. The van der Waals surface area contributed by atoms with Crippen LogP contribution >= 0.6 is 0 Å². The summed E-state index contributed by atoms with van der Waals surface area (Å²) in [4.78, 5) is 5.42. The van der Waals surface area contributed by atoms with Gasteiger partial charge in [-0.3, -0.25) is 4.90 Å². The molecule has 3 heteroatoms. The van der Waals surface area contributed by atoms with Crippen molar-refractivity contribution in [2.24, 2.45) is 17.6 Å². The van der Waals surface area contributed by atoms with E-state index in [-0.39, 0.29) is 0 Å². The quantitative estimate of drug-likeness (QED) is 0.742. The maximum absolute atomic E-state index is 5.73. The summed E-state index contributed by atoms with van der Waals surface area (Å²) in [5.41, 5.74) is 5.73. The summed E-state index contributed by atoms with van der Waals surface area (Å²) < 4.78 is 0. The predicted octanol–water partition coefficient (Wildman–Crippen LogP) is 2.56. The largest absolute Gasteiger partial charge is 0.330 e. The molecule has 2 atom stereocenters.